The van der Waals surface area contributed by atoms with Crippen LogP contribution >= 0.6 is 28.3 Å². The Labute approximate surface area is 104 Å². The third-order valence-corrected chi connectivity index (χ3v) is 3.43. The van der Waals surface area contributed by atoms with Crippen molar-refractivity contribution in [3.63, 3.8) is 0 Å². The van der Waals surface area contributed by atoms with Crippen LogP contribution in [0.2, 0.25) is 0 Å². The summed E-state index contributed by atoms with van der Waals surface area (Å²) in [6.45, 7) is 2.20. The molecule has 2 unspecified atom stereocenters. The average Bonchev–Trinajstić information content (AvgIpc) is 2.18. The second-order valence-electron chi connectivity index (χ2n) is 4.04. The molecule has 0 amide bonds. The van der Waals surface area contributed by atoms with Crippen molar-refractivity contribution in [2.75, 3.05) is 18.0 Å². The SMILES string of the molecule is Brc1ccc(N2CC3CC(C2)N3)nc1.Cl. The van der Waals surface area contributed by atoms with Crippen LogP contribution in [0.5, 0.6) is 0 Å². The summed E-state index contributed by atoms with van der Waals surface area (Å²) >= 11 is 3.40. The number of pyridine rings is 1. The smallest absolute Gasteiger partial charge is 0.128 e. The number of hydrogen-bond acceptors (Lipinski definition) is 3. The van der Waals surface area contributed by atoms with Crippen LogP contribution in [0.3, 0.4) is 0 Å². The molecule has 5 heteroatoms. The second kappa shape index (κ2) is 4.28. The first-order valence-electron chi connectivity index (χ1n) is 4.94. The highest BCUT2D eigenvalue weighted by Gasteiger charge is 2.36. The van der Waals surface area contributed by atoms with E-state index in [1.807, 2.05) is 6.20 Å². The molecule has 3 aliphatic rings. The highest BCUT2D eigenvalue weighted by Crippen LogP contribution is 2.25. The van der Waals surface area contributed by atoms with Gasteiger partial charge in [-0.25, -0.2) is 4.98 Å². The molecular weight excluding hydrogens is 277 g/mol. The fourth-order valence-electron chi connectivity index (χ4n) is 2.26. The van der Waals surface area contributed by atoms with E-state index in [0.717, 1.165) is 23.4 Å². The summed E-state index contributed by atoms with van der Waals surface area (Å²) in [6.07, 6.45) is 3.20. The van der Waals surface area contributed by atoms with Crippen molar-refractivity contribution in [2.24, 2.45) is 0 Å². The predicted octanol–water partition coefficient (Wildman–Crippen LogP) is 1.82. The number of rotatable bonds is 1. The first-order valence-corrected chi connectivity index (χ1v) is 5.73. The van der Waals surface area contributed by atoms with Crippen LogP contribution in [0.25, 0.3) is 0 Å². The zero-order chi connectivity index (χ0) is 9.54. The van der Waals surface area contributed by atoms with E-state index in [-0.39, 0.29) is 12.4 Å². The normalized spacial score (nSPS) is 27.9. The lowest BCUT2D eigenvalue weighted by Crippen LogP contribution is -2.67. The summed E-state index contributed by atoms with van der Waals surface area (Å²) in [5.41, 5.74) is 0. The third-order valence-electron chi connectivity index (χ3n) is 2.96. The summed E-state index contributed by atoms with van der Waals surface area (Å²) in [5.74, 6) is 1.10. The van der Waals surface area contributed by atoms with Crippen molar-refractivity contribution in [2.45, 2.75) is 18.5 Å². The molecule has 0 spiro atoms. The average molecular weight is 291 g/mol. The van der Waals surface area contributed by atoms with E-state index in [1.165, 1.54) is 6.42 Å². The van der Waals surface area contributed by atoms with Gasteiger partial charge in [0.15, 0.2) is 0 Å². The molecule has 1 N–H and O–H groups in total. The molecule has 82 valence electrons. The molecule has 0 radical (unpaired) electrons. The van der Waals surface area contributed by atoms with Gasteiger partial charge in [-0.3, -0.25) is 0 Å². The van der Waals surface area contributed by atoms with Crippen molar-refractivity contribution in [1.29, 1.82) is 0 Å². The van der Waals surface area contributed by atoms with Crippen LogP contribution < -0.4 is 10.2 Å². The Bertz CT molecular complexity index is 327. The van der Waals surface area contributed by atoms with Crippen molar-refractivity contribution in [3.8, 4) is 0 Å². The van der Waals surface area contributed by atoms with Crippen LogP contribution in [-0.4, -0.2) is 30.2 Å². The van der Waals surface area contributed by atoms with E-state index in [0.29, 0.717) is 12.1 Å². The van der Waals surface area contributed by atoms with Gasteiger partial charge in [0.05, 0.1) is 0 Å². The summed E-state index contributed by atoms with van der Waals surface area (Å²) in [5, 5.41) is 3.51. The van der Waals surface area contributed by atoms with Gasteiger partial charge in [-0.2, -0.15) is 0 Å². The predicted molar refractivity (Wildman–Crippen MR) is 66.7 cm³/mol. The van der Waals surface area contributed by atoms with Gasteiger partial charge < -0.3 is 10.2 Å². The molecular formula is C10H13BrClN3. The maximum atomic E-state index is 4.41. The molecule has 0 aliphatic carbocycles. The molecule has 4 rings (SSSR count). The van der Waals surface area contributed by atoms with Gasteiger partial charge in [0.1, 0.15) is 5.82 Å². The van der Waals surface area contributed by atoms with Crippen LogP contribution in [0.4, 0.5) is 5.82 Å². The van der Waals surface area contributed by atoms with Crippen LogP contribution in [-0.2, 0) is 0 Å². The molecule has 3 aliphatic heterocycles. The maximum Gasteiger partial charge on any atom is 0.128 e. The number of nitrogens with one attached hydrogen (secondary N) is 1. The first kappa shape index (κ1) is 11.2. The number of nitrogens with zero attached hydrogens (tertiary/aromatic N) is 2. The highest BCUT2D eigenvalue weighted by molar-refractivity contribution is 9.10. The molecule has 0 aromatic carbocycles. The summed E-state index contributed by atoms with van der Waals surface area (Å²) in [6, 6.07) is 5.52. The first-order chi connectivity index (χ1) is 6.81. The number of halogens is 2. The highest BCUT2D eigenvalue weighted by atomic mass is 79.9. The van der Waals surface area contributed by atoms with Gasteiger partial charge in [-0.05, 0) is 34.5 Å². The zero-order valence-corrected chi connectivity index (χ0v) is 10.6. The molecule has 15 heavy (non-hydrogen) atoms. The number of piperazine rings is 1. The summed E-state index contributed by atoms with van der Waals surface area (Å²) in [4.78, 5) is 6.77. The molecule has 3 saturated heterocycles. The Morgan fingerprint density at radius 1 is 1.33 bits per heavy atom. The Kier molecular flexibility index (Phi) is 3.19. The topological polar surface area (TPSA) is 28.2 Å². The van der Waals surface area contributed by atoms with Gasteiger partial charge in [-0.15, -0.1) is 12.4 Å². The van der Waals surface area contributed by atoms with E-state index in [1.54, 1.807) is 0 Å². The fourth-order valence-corrected chi connectivity index (χ4v) is 2.49. The van der Waals surface area contributed by atoms with E-state index in [9.17, 15) is 0 Å². The Morgan fingerprint density at radius 3 is 2.53 bits per heavy atom. The van der Waals surface area contributed by atoms with Gasteiger partial charge in [0, 0.05) is 35.8 Å². The largest absolute Gasteiger partial charge is 0.353 e. The summed E-state index contributed by atoms with van der Waals surface area (Å²) in [7, 11) is 0. The van der Waals surface area contributed by atoms with Crippen molar-refractivity contribution in [3.05, 3.63) is 22.8 Å². The van der Waals surface area contributed by atoms with Gasteiger partial charge >= 0.3 is 0 Å². The van der Waals surface area contributed by atoms with E-state index < -0.39 is 0 Å². The van der Waals surface area contributed by atoms with Gasteiger partial charge in [0.25, 0.3) is 0 Å². The van der Waals surface area contributed by atoms with Crippen molar-refractivity contribution in [1.82, 2.24) is 10.3 Å². The maximum absolute atomic E-state index is 4.41. The lowest BCUT2D eigenvalue weighted by Gasteiger charge is -2.48. The number of anilines is 1. The van der Waals surface area contributed by atoms with E-state index >= 15 is 0 Å². The van der Waals surface area contributed by atoms with Crippen LogP contribution in [0, 0.1) is 0 Å². The van der Waals surface area contributed by atoms with Gasteiger partial charge in [0.2, 0.25) is 0 Å². The molecule has 2 bridgehead atoms. The molecule has 2 atom stereocenters. The minimum Gasteiger partial charge on any atom is -0.353 e. The van der Waals surface area contributed by atoms with Crippen molar-refractivity contribution >= 4 is 34.2 Å². The standard InChI is InChI=1S/C10H12BrN3.ClH/c11-7-1-2-10(12-4-7)14-5-8-3-9(6-14)13-8;/h1-2,4,8-9,13H,3,5-6H2;1H. The Balaban J connectivity index is 0.000000853. The zero-order valence-electron chi connectivity index (χ0n) is 8.19. The molecule has 3 nitrogen and oxygen atoms in total. The van der Waals surface area contributed by atoms with Crippen molar-refractivity contribution < 1.29 is 0 Å². The molecule has 0 saturated carbocycles. The monoisotopic (exact) mass is 289 g/mol. The molecule has 1 aromatic rings. The Morgan fingerprint density at radius 2 is 2.00 bits per heavy atom. The second-order valence-corrected chi connectivity index (χ2v) is 4.95. The number of fused-ring (bicyclic) bond motifs is 2. The molecule has 3 fully saturated rings. The lowest BCUT2D eigenvalue weighted by atomic mass is 9.91. The fraction of sp³-hybridized carbons (Fsp3) is 0.500. The van der Waals surface area contributed by atoms with Crippen LogP contribution in [0.1, 0.15) is 6.42 Å². The van der Waals surface area contributed by atoms with Gasteiger partial charge in [-0.1, -0.05) is 0 Å². The number of piperidine rings is 1. The minimum absolute atomic E-state index is 0. The summed E-state index contributed by atoms with van der Waals surface area (Å²) < 4.78 is 1.04. The van der Waals surface area contributed by atoms with Crippen LogP contribution in [0.15, 0.2) is 22.8 Å². The van der Waals surface area contributed by atoms with E-state index in [4.69, 9.17) is 0 Å². The third kappa shape index (κ3) is 2.12. The Hall–Kier alpha value is -0.320. The lowest BCUT2D eigenvalue weighted by molar-refractivity contribution is 0.225. The number of aromatic nitrogens is 1. The van der Waals surface area contributed by atoms with E-state index in [2.05, 4.69) is 43.3 Å². The molecule has 1 aromatic heterocycles. The quantitative estimate of drug-likeness (QED) is 0.855. The molecule has 4 heterocycles. The minimum atomic E-state index is 0. The number of hydrogen-bond donors (Lipinski definition) is 1.